The van der Waals surface area contributed by atoms with Crippen molar-refractivity contribution in [2.45, 2.75) is 45.4 Å². The van der Waals surface area contributed by atoms with E-state index in [1.807, 2.05) is 0 Å². The molecule has 0 aromatic heterocycles. The van der Waals surface area contributed by atoms with Crippen molar-refractivity contribution in [3.05, 3.63) is 0 Å². The van der Waals surface area contributed by atoms with Gasteiger partial charge in [-0.15, -0.1) is 0 Å². The summed E-state index contributed by atoms with van der Waals surface area (Å²) in [5, 5.41) is 11.9. The molecule has 114 valence electrons. The van der Waals surface area contributed by atoms with Crippen LogP contribution in [0.25, 0.3) is 0 Å². The van der Waals surface area contributed by atoms with Gasteiger partial charge in [0.2, 0.25) is 0 Å². The second kappa shape index (κ2) is 6.95. The highest BCUT2D eigenvalue weighted by molar-refractivity contribution is 5.77. The Morgan fingerprint density at radius 1 is 1.20 bits per heavy atom. The summed E-state index contributed by atoms with van der Waals surface area (Å²) in [4.78, 5) is 24.4. The van der Waals surface area contributed by atoms with Crippen molar-refractivity contribution in [2.75, 3.05) is 19.6 Å². The van der Waals surface area contributed by atoms with Gasteiger partial charge in [0.25, 0.3) is 0 Å². The first-order chi connectivity index (χ1) is 9.56. The Morgan fingerprint density at radius 2 is 1.90 bits per heavy atom. The van der Waals surface area contributed by atoms with E-state index < -0.39 is 5.97 Å². The minimum atomic E-state index is -0.795. The first kappa shape index (κ1) is 15.1. The Hall–Kier alpha value is -1.26. The zero-order valence-corrected chi connectivity index (χ0v) is 12.3. The molecule has 1 aliphatic heterocycles. The number of carbonyl (C=O) groups excluding carboxylic acids is 1. The molecule has 20 heavy (non-hydrogen) atoms. The predicted molar refractivity (Wildman–Crippen MR) is 76.5 cm³/mol. The fourth-order valence-corrected chi connectivity index (χ4v) is 3.26. The summed E-state index contributed by atoms with van der Waals surface area (Å²) >= 11 is 0. The number of carbonyl (C=O) groups is 2. The Morgan fingerprint density at radius 3 is 2.50 bits per heavy atom. The summed E-state index contributed by atoms with van der Waals surface area (Å²) in [7, 11) is 0. The van der Waals surface area contributed by atoms with Crippen LogP contribution in [0.1, 0.15) is 45.4 Å². The van der Waals surface area contributed by atoms with Gasteiger partial charge >= 0.3 is 12.0 Å². The zero-order chi connectivity index (χ0) is 14.5. The van der Waals surface area contributed by atoms with Crippen LogP contribution in [0.4, 0.5) is 4.79 Å². The largest absolute Gasteiger partial charge is 0.481 e. The van der Waals surface area contributed by atoms with Gasteiger partial charge in [-0.2, -0.15) is 0 Å². The third kappa shape index (κ3) is 4.12. The third-order valence-electron chi connectivity index (χ3n) is 4.79. The number of amides is 2. The molecule has 5 heteroatoms. The van der Waals surface area contributed by atoms with Gasteiger partial charge in [-0.3, -0.25) is 4.79 Å². The summed E-state index contributed by atoms with van der Waals surface area (Å²) < 4.78 is 0. The molecule has 1 saturated heterocycles. The van der Waals surface area contributed by atoms with Gasteiger partial charge in [-0.1, -0.05) is 32.6 Å². The van der Waals surface area contributed by atoms with Crippen LogP contribution >= 0.6 is 0 Å². The number of hydrogen-bond acceptors (Lipinski definition) is 2. The molecule has 1 unspecified atom stereocenters. The standard InChI is InChI=1S/C15H26N2O3/c1-11-2-4-12(5-3-11)6-8-16-15(20)17-9-7-13(10-17)14(18)19/h11-13H,2-10H2,1H3,(H,16,20)(H,18,19). The van der Waals surface area contributed by atoms with Crippen LogP contribution in [0.15, 0.2) is 0 Å². The quantitative estimate of drug-likeness (QED) is 0.831. The van der Waals surface area contributed by atoms with E-state index in [4.69, 9.17) is 5.11 Å². The van der Waals surface area contributed by atoms with Crippen molar-refractivity contribution in [1.29, 1.82) is 0 Å². The fourth-order valence-electron chi connectivity index (χ4n) is 3.26. The molecule has 1 heterocycles. The molecule has 0 spiro atoms. The number of rotatable bonds is 4. The number of urea groups is 1. The Labute approximate surface area is 120 Å². The lowest BCUT2D eigenvalue weighted by atomic mass is 9.81. The molecule has 0 bridgehead atoms. The molecule has 1 aliphatic carbocycles. The first-order valence-electron chi connectivity index (χ1n) is 7.82. The zero-order valence-electron chi connectivity index (χ0n) is 12.3. The van der Waals surface area contributed by atoms with Gasteiger partial charge in [-0.25, -0.2) is 4.79 Å². The molecule has 0 radical (unpaired) electrons. The highest BCUT2D eigenvalue weighted by Gasteiger charge is 2.30. The summed E-state index contributed by atoms with van der Waals surface area (Å²) in [6, 6.07) is -0.0991. The molecule has 2 N–H and O–H groups in total. The molecule has 0 aromatic rings. The lowest BCUT2D eigenvalue weighted by Gasteiger charge is -2.26. The molecule has 2 aliphatic rings. The summed E-state index contributed by atoms with van der Waals surface area (Å²) in [6.07, 6.45) is 6.80. The number of likely N-dealkylation sites (tertiary alicyclic amines) is 1. The minimum absolute atomic E-state index is 0.0991. The van der Waals surface area contributed by atoms with Crippen LogP contribution in [-0.4, -0.2) is 41.6 Å². The van der Waals surface area contributed by atoms with Gasteiger partial charge < -0.3 is 15.3 Å². The van der Waals surface area contributed by atoms with Crippen molar-refractivity contribution < 1.29 is 14.7 Å². The number of hydrogen-bond donors (Lipinski definition) is 2. The third-order valence-corrected chi connectivity index (χ3v) is 4.79. The maximum absolute atomic E-state index is 11.9. The maximum Gasteiger partial charge on any atom is 0.317 e. The smallest absolute Gasteiger partial charge is 0.317 e. The molecule has 2 fully saturated rings. The molecule has 0 aromatic carbocycles. The van der Waals surface area contributed by atoms with Gasteiger partial charge in [0, 0.05) is 19.6 Å². The topological polar surface area (TPSA) is 69.6 Å². The van der Waals surface area contributed by atoms with Crippen molar-refractivity contribution in [3.63, 3.8) is 0 Å². The predicted octanol–water partition coefficient (Wildman–Crippen LogP) is 2.32. The molecular weight excluding hydrogens is 256 g/mol. The minimum Gasteiger partial charge on any atom is -0.481 e. The van der Waals surface area contributed by atoms with Crippen LogP contribution in [0.3, 0.4) is 0 Å². The van der Waals surface area contributed by atoms with E-state index in [9.17, 15) is 9.59 Å². The van der Waals surface area contributed by atoms with Gasteiger partial charge in [0.05, 0.1) is 5.92 Å². The van der Waals surface area contributed by atoms with Crippen molar-refractivity contribution in [2.24, 2.45) is 17.8 Å². The number of nitrogens with zero attached hydrogens (tertiary/aromatic N) is 1. The Kier molecular flexibility index (Phi) is 5.26. The molecule has 2 rings (SSSR count). The van der Waals surface area contributed by atoms with Crippen molar-refractivity contribution >= 4 is 12.0 Å². The Bertz CT molecular complexity index is 351. The summed E-state index contributed by atoms with van der Waals surface area (Å²) in [6.45, 7) is 3.93. The van der Waals surface area contributed by atoms with E-state index in [-0.39, 0.29) is 11.9 Å². The maximum atomic E-state index is 11.9. The first-order valence-corrected chi connectivity index (χ1v) is 7.82. The monoisotopic (exact) mass is 282 g/mol. The number of carboxylic acids is 1. The second-order valence-electron chi connectivity index (χ2n) is 6.42. The average molecular weight is 282 g/mol. The van der Waals surface area contributed by atoms with Crippen LogP contribution < -0.4 is 5.32 Å². The van der Waals surface area contributed by atoms with E-state index in [2.05, 4.69) is 12.2 Å². The number of nitrogens with one attached hydrogen (secondary N) is 1. The highest BCUT2D eigenvalue weighted by atomic mass is 16.4. The summed E-state index contributed by atoms with van der Waals surface area (Å²) in [5.41, 5.74) is 0. The van der Waals surface area contributed by atoms with E-state index in [0.29, 0.717) is 26.1 Å². The average Bonchev–Trinajstić information content (AvgIpc) is 2.91. The molecule has 1 saturated carbocycles. The molecule has 2 amide bonds. The van der Waals surface area contributed by atoms with E-state index in [1.165, 1.54) is 25.7 Å². The van der Waals surface area contributed by atoms with Crippen molar-refractivity contribution in [3.8, 4) is 0 Å². The van der Waals surface area contributed by atoms with Crippen LogP contribution in [0, 0.1) is 17.8 Å². The number of aliphatic carboxylic acids is 1. The summed E-state index contributed by atoms with van der Waals surface area (Å²) in [5.74, 6) is 0.424. The molecular formula is C15H26N2O3. The van der Waals surface area contributed by atoms with Crippen LogP contribution in [-0.2, 0) is 4.79 Å². The normalized spacial score (nSPS) is 30.2. The van der Waals surface area contributed by atoms with Crippen LogP contribution in [0.2, 0.25) is 0 Å². The lowest BCUT2D eigenvalue weighted by Crippen LogP contribution is -2.39. The second-order valence-corrected chi connectivity index (χ2v) is 6.42. The van der Waals surface area contributed by atoms with E-state index in [0.717, 1.165) is 18.3 Å². The highest BCUT2D eigenvalue weighted by Crippen LogP contribution is 2.29. The SMILES string of the molecule is CC1CCC(CCNC(=O)N2CCC(C(=O)O)C2)CC1. The molecule has 1 atom stereocenters. The van der Waals surface area contributed by atoms with E-state index >= 15 is 0 Å². The van der Waals surface area contributed by atoms with Gasteiger partial charge in [0.1, 0.15) is 0 Å². The van der Waals surface area contributed by atoms with Gasteiger partial charge in [-0.05, 0) is 24.7 Å². The van der Waals surface area contributed by atoms with E-state index in [1.54, 1.807) is 4.90 Å². The fraction of sp³-hybridized carbons (Fsp3) is 0.867. The lowest BCUT2D eigenvalue weighted by molar-refractivity contribution is -0.141. The van der Waals surface area contributed by atoms with Gasteiger partial charge in [0.15, 0.2) is 0 Å². The number of carboxylic acid groups (broad SMARTS) is 1. The molecule has 5 nitrogen and oxygen atoms in total. The van der Waals surface area contributed by atoms with Crippen molar-refractivity contribution in [1.82, 2.24) is 10.2 Å². The van der Waals surface area contributed by atoms with Crippen LogP contribution in [0.5, 0.6) is 0 Å². The Balaban J connectivity index is 1.62.